The molecule has 0 aliphatic rings. The second kappa shape index (κ2) is 8.18. The van der Waals surface area contributed by atoms with Gasteiger partial charge >= 0.3 is 12.1 Å². The molecule has 0 spiro atoms. The second-order valence-corrected chi connectivity index (χ2v) is 6.65. The number of benzene rings is 2. The fraction of sp³-hybridized carbons (Fsp3) is 0.0870. The Morgan fingerprint density at radius 1 is 1.03 bits per heavy atom. The molecule has 32 heavy (non-hydrogen) atoms. The number of hydrogen-bond donors (Lipinski definition) is 0. The molecule has 4 rings (SSSR count). The first kappa shape index (κ1) is 21.1. The van der Waals surface area contributed by atoms with Gasteiger partial charge in [0.1, 0.15) is 17.1 Å². The molecule has 0 saturated carbocycles. The van der Waals surface area contributed by atoms with Gasteiger partial charge in [0.15, 0.2) is 0 Å². The molecule has 2 aromatic carbocycles. The largest absolute Gasteiger partial charge is 0.497 e. The fourth-order valence-corrected chi connectivity index (χ4v) is 3.11. The lowest BCUT2D eigenvalue weighted by molar-refractivity contribution is -0.152. The first-order valence-electron chi connectivity index (χ1n) is 9.22. The highest BCUT2D eigenvalue weighted by Gasteiger charge is 2.39. The molecule has 4 aromatic rings. The number of nitrogens with zero attached hydrogens (tertiary/aromatic N) is 1. The van der Waals surface area contributed by atoms with E-state index in [-0.39, 0.29) is 27.8 Å². The van der Waals surface area contributed by atoms with Crippen LogP contribution in [0.1, 0.15) is 16.1 Å². The molecular formula is C23H14F3NO5. The number of rotatable bonds is 4. The highest BCUT2D eigenvalue weighted by Crippen LogP contribution is 2.38. The Bertz CT molecular complexity index is 1350. The number of carbonyl (C=O) groups excluding carboxylic acids is 1. The lowest BCUT2D eigenvalue weighted by Gasteiger charge is -2.13. The average molecular weight is 441 g/mol. The number of pyridine rings is 1. The number of hydrogen-bond acceptors (Lipinski definition) is 6. The molecule has 9 heteroatoms. The van der Waals surface area contributed by atoms with Gasteiger partial charge in [-0.1, -0.05) is 12.1 Å². The van der Waals surface area contributed by atoms with E-state index in [0.29, 0.717) is 5.75 Å². The maximum absolute atomic E-state index is 13.8. The lowest BCUT2D eigenvalue weighted by atomic mass is 10.0. The number of methoxy groups -OCH3 is 1. The first-order chi connectivity index (χ1) is 15.3. The minimum absolute atomic E-state index is 0.0286. The minimum Gasteiger partial charge on any atom is -0.497 e. The molecule has 0 aliphatic heterocycles. The number of esters is 1. The van der Waals surface area contributed by atoms with Crippen LogP contribution in [0.2, 0.25) is 0 Å². The third-order valence-electron chi connectivity index (χ3n) is 4.61. The van der Waals surface area contributed by atoms with E-state index in [1.165, 1.54) is 68.0 Å². The Labute approximate surface area is 178 Å². The number of carbonyl (C=O) groups is 1. The molecule has 0 fully saturated rings. The molecule has 0 N–H and O–H groups in total. The number of halogens is 3. The third kappa shape index (κ3) is 4.04. The summed E-state index contributed by atoms with van der Waals surface area (Å²) in [6.45, 7) is 0. The maximum atomic E-state index is 13.8. The van der Waals surface area contributed by atoms with Crippen LogP contribution >= 0.6 is 0 Å². The van der Waals surface area contributed by atoms with Crippen molar-refractivity contribution in [3.8, 4) is 22.6 Å². The monoisotopic (exact) mass is 441 g/mol. The van der Waals surface area contributed by atoms with Gasteiger partial charge in [-0.3, -0.25) is 9.78 Å². The summed E-state index contributed by atoms with van der Waals surface area (Å²) >= 11 is 0. The van der Waals surface area contributed by atoms with Crippen LogP contribution < -0.4 is 14.9 Å². The SMILES string of the molecule is COc1ccc(-c2c(C(F)(F)F)oc3cc(OC(=O)c4cccnc4)ccc3c2=O)cc1. The lowest BCUT2D eigenvalue weighted by Crippen LogP contribution is -2.16. The van der Waals surface area contributed by atoms with E-state index in [4.69, 9.17) is 13.9 Å². The third-order valence-corrected chi connectivity index (χ3v) is 4.61. The maximum Gasteiger partial charge on any atom is 0.450 e. The molecule has 0 saturated heterocycles. The molecule has 162 valence electrons. The van der Waals surface area contributed by atoms with Crippen molar-refractivity contribution in [2.45, 2.75) is 6.18 Å². The first-order valence-corrected chi connectivity index (χ1v) is 9.22. The van der Waals surface area contributed by atoms with Crippen molar-refractivity contribution < 1.29 is 31.9 Å². The number of aromatic nitrogens is 1. The fourth-order valence-electron chi connectivity index (χ4n) is 3.11. The summed E-state index contributed by atoms with van der Waals surface area (Å²) in [5.74, 6) is -1.87. The summed E-state index contributed by atoms with van der Waals surface area (Å²) < 4.78 is 56.6. The van der Waals surface area contributed by atoms with Crippen LogP contribution in [0.4, 0.5) is 13.2 Å². The summed E-state index contributed by atoms with van der Waals surface area (Å²) in [6, 6.07) is 12.2. The van der Waals surface area contributed by atoms with Gasteiger partial charge in [0.05, 0.1) is 23.6 Å². The topological polar surface area (TPSA) is 78.6 Å². The molecule has 2 aromatic heterocycles. The summed E-state index contributed by atoms with van der Waals surface area (Å²) in [7, 11) is 1.42. The van der Waals surface area contributed by atoms with Crippen molar-refractivity contribution in [1.82, 2.24) is 4.98 Å². The predicted octanol–water partition coefficient (Wildman–Crippen LogP) is 5.10. The van der Waals surface area contributed by atoms with Crippen LogP contribution in [0.25, 0.3) is 22.1 Å². The Hall–Kier alpha value is -4.14. The van der Waals surface area contributed by atoms with Crippen LogP contribution in [-0.2, 0) is 6.18 Å². The highest BCUT2D eigenvalue weighted by molar-refractivity contribution is 5.91. The second-order valence-electron chi connectivity index (χ2n) is 6.65. The zero-order valence-corrected chi connectivity index (χ0v) is 16.5. The van der Waals surface area contributed by atoms with Gasteiger partial charge in [-0.2, -0.15) is 13.2 Å². The molecule has 0 unspecified atom stereocenters. The minimum atomic E-state index is -4.94. The number of fused-ring (bicyclic) bond motifs is 1. The Balaban J connectivity index is 1.82. The summed E-state index contributed by atoms with van der Waals surface area (Å²) in [5, 5.41) is -0.0926. The Morgan fingerprint density at radius 3 is 2.38 bits per heavy atom. The van der Waals surface area contributed by atoms with E-state index in [0.717, 1.165) is 6.07 Å². The van der Waals surface area contributed by atoms with Crippen molar-refractivity contribution in [3.63, 3.8) is 0 Å². The predicted molar refractivity (Wildman–Crippen MR) is 109 cm³/mol. The van der Waals surface area contributed by atoms with Gasteiger partial charge in [-0.25, -0.2) is 4.79 Å². The van der Waals surface area contributed by atoms with E-state index >= 15 is 0 Å². The van der Waals surface area contributed by atoms with Crippen molar-refractivity contribution in [3.05, 3.63) is 88.5 Å². The van der Waals surface area contributed by atoms with Gasteiger partial charge in [0.2, 0.25) is 11.2 Å². The van der Waals surface area contributed by atoms with Crippen LogP contribution in [0, 0.1) is 0 Å². The van der Waals surface area contributed by atoms with Crippen LogP contribution in [0.5, 0.6) is 11.5 Å². The highest BCUT2D eigenvalue weighted by atomic mass is 19.4. The van der Waals surface area contributed by atoms with Crippen LogP contribution in [-0.4, -0.2) is 18.1 Å². The van der Waals surface area contributed by atoms with Crippen LogP contribution in [0.3, 0.4) is 0 Å². The summed E-state index contributed by atoms with van der Waals surface area (Å²) in [4.78, 5) is 29.0. The van der Waals surface area contributed by atoms with Gasteiger partial charge in [0.25, 0.3) is 0 Å². The quantitative estimate of drug-likeness (QED) is 0.324. The number of ether oxygens (including phenoxy) is 2. The number of alkyl halides is 3. The molecule has 2 heterocycles. The molecule has 0 amide bonds. The van der Waals surface area contributed by atoms with E-state index in [2.05, 4.69) is 4.98 Å². The van der Waals surface area contributed by atoms with E-state index in [1.54, 1.807) is 0 Å². The summed E-state index contributed by atoms with van der Waals surface area (Å²) in [6.07, 6.45) is -2.18. The summed E-state index contributed by atoms with van der Waals surface area (Å²) in [5.41, 5.74) is -1.67. The molecule has 0 atom stereocenters. The molecular weight excluding hydrogens is 427 g/mol. The zero-order chi connectivity index (χ0) is 22.9. The Morgan fingerprint density at radius 2 is 1.75 bits per heavy atom. The molecule has 6 nitrogen and oxygen atoms in total. The standard InChI is InChI=1S/C23H14F3NO5/c1-30-15-6-4-13(5-7-15)19-20(28)17-9-8-16(11-18(17)32-21(19)23(24,25)26)31-22(29)14-3-2-10-27-12-14/h2-12H,1H3. The average Bonchev–Trinajstić information content (AvgIpc) is 2.79. The van der Waals surface area contributed by atoms with E-state index in [1.807, 2.05) is 0 Å². The van der Waals surface area contributed by atoms with E-state index in [9.17, 15) is 22.8 Å². The zero-order valence-electron chi connectivity index (χ0n) is 16.5. The van der Waals surface area contributed by atoms with E-state index < -0.39 is 28.9 Å². The van der Waals surface area contributed by atoms with Gasteiger partial charge < -0.3 is 13.9 Å². The normalized spacial score (nSPS) is 11.4. The molecule has 0 aliphatic carbocycles. The van der Waals surface area contributed by atoms with Crippen molar-refractivity contribution >= 4 is 16.9 Å². The van der Waals surface area contributed by atoms with Gasteiger partial charge in [-0.05, 0) is 42.0 Å². The Kier molecular flexibility index (Phi) is 5.40. The smallest absolute Gasteiger partial charge is 0.450 e. The van der Waals surface area contributed by atoms with Gasteiger partial charge in [0, 0.05) is 18.5 Å². The van der Waals surface area contributed by atoms with Crippen molar-refractivity contribution in [2.24, 2.45) is 0 Å². The van der Waals surface area contributed by atoms with Crippen molar-refractivity contribution in [1.29, 1.82) is 0 Å². The van der Waals surface area contributed by atoms with Gasteiger partial charge in [-0.15, -0.1) is 0 Å². The van der Waals surface area contributed by atoms with Crippen molar-refractivity contribution in [2.75, 3.05) is 7.11 Å². The van der Waals surface area contributed by atoms with Crippen LogP contribution in [0.15, 0.2) is 76.2 Å². The molecule has 0 bridgehead atoms. The molecule has 0 radical (unpaired) electrons.